The molecule has 8 atom stereocenters. The predicted molar refractivity (Wildman–Crippen MR) is 168 cm³/mol. The van der Waals surface area contributed by atoms with E-state index in [4.69, 9.17) is 4.74 Å². The van der Waals surface area contributed by atoms with Gasteiger partial charge >= 0.3 is 5.97 Å². The van der Waals surface area contributed by atoms with Crippen molar-refractivity contribution < 1.29 is 9.53 Å². The number of allylic oxidation sites excluding steroid dienone is 3. The Kier molecular flexibility index (Phi) is 9.13. The van der Waals surface area contributed by atoms with Crippen LogP contribution in [0.1, 0.15) is 111 Å². The molecule has 0 bridgehead atoms. The Morgan fingerprint density at radius 3 is 2.55 bits per heavy atom. The SMILES string of the molecule is CC(C)CCCC(C)C1CCC2C3CC=C4CC(OC(=O)/C=C/C=C/c5ccccc5)CCC4(C)C3CCC12C. The topological polar surface area (TPSA) is 26.3 Å². The molecule has 0 saturated heterocycles. The van der Waals surface area contributed by atoms with Crippen molar-refractivity contribution in [3.05, 3.63) is 65.8 Å². The van der Waals surface area contributed by atoms with Crippen molar-refractivity contribution >= 4 is 12.0 Å². The number of hydrogen-bond acceptors (Lipinski definition) is 2. The highest BCUT2D eigenvalue weighted by atomic mass is 16.5. The van der Waals surface area contributed by atoms with E-state index in [0.29, 0.717) is 10.8 Å². The second-order valence-corrected chi connectivity index (χ2v) is 14.7. The highest BCUT2D eigenvalue weighted by Gasteiger charge is 2.59. The second-order valence-electron chi connectivity index (χ2n) is 14.7. The number of carbonyl (C=O) groups excluding carboxylic acids is 1. The Morgan fingerprint density at radius 1 is 0.975 bits per heavy atom. The minimum absolute atomic E-state index is 0.0162. The lowest BCUT2D eigenvalue weighted by atomic mass is 9.47. The molecule has 2 heteroatoms. The van der Waals surface area contributed by atoms with Crippen LogP contribution in [-0.2, 0) is 9.53 Å². The third-order valence-corrected chi connectivity index (χ3v) is 12.0. The van der Waals surface area contributed by atoms with Crippen molar-refractivity contribution in [2.45, 2.75) is 111 Å². The minimum Gasteiger partial charge on any atom is -0.459 e. The van der Waals surface area contributed by atoms with Crippen LogP contribution in [0.4, 0.5) is 0 Å². The van der Waals surface area contributed by atoms with Crippen LogP contribution in [0.2, 0.25) is 0 Å². The average molecular weight is 543 g/mol. The molecule has 1 aromatic rings. The summed E-state index contributed by atoms with van der Waals surface area (Å²) in [4.78, 5) is 12.6. The zero-order valence-corrected chi connectivity index (χ0v) is 25.9. The Balaban J connectivity index is 1.18. The van der Waals surface area contributed by atoms with E-state index >= 15 is 0 Å². The Bertz CT molecular complexity index is 1100. The van der Waals surface area contributed by atoms with Crippen LogP contribution in [-0.4, -0.2) is 12.1 Å². The zero-order valence-electron chi connectivity index (χ0n) is 25.9. The highest BCUT2D eigenvalue weighted by molar-refractivity contribution is 5.82. The van der Waals surface area contributed by atoms with Gasteiger partial charge in [-0.3, -0.25) is 0 Å². The van der Waals surface area contributed by atoms with Gasteiger partial charge in [0.05, 0.1) is 0 Å². The lowest BCUT2D eigenvalue weighted by molar-refractivity contribution is -0.145. The van der Waals surface area contributed by atoms with Crippen molar-refractivity contribution in [2.24, 2.45) is 46.3 Å². The molecule has 0 heterocycles. The van der Waals surface area contributed by atoms with Gasteiger partial charge in [0.2, 0.25) is 0 Å². The maximum absolute atomic E-state index is 12.6. The molecule has 2 nitrogen and oxygen atoms in total. The van der Waals surface area contributed by atoms with Crippen LogP contribution < -0.4 is 0 Å². The first kappa shape index (κ1) is 29.4. The average Bonchev–Trinajstić information content (AvgIpc) is 3.29. The van der Waals surface area contributed by atoms with Gasteiger partial charge in [-0.25, -0.2) is 4.79 Å². The van der Waals surface area contributed by atoms with Crippen LogP contribution >= 0.6 is 0 Å². The van der Waals surface area contributed by atoms with E-state index in [-0.39, 0.29) is 12.1 Å². The molecule has 0 radical (unpaired) electrons. The molecule has 4 aliphatic carbocycles. The zero-order chi connectivity index (χ0) is 28.3. The molecule has 8 unspecified atom stereocenters. The van der Waals surface area contributed by atoms with E-state index in [0.717, 1.165) is 60.3 Å². The number of esters is 1. The summed E-state index contributed by atoms with van der Waals surface area (Å²) in [5.74, 6) is 4.93. The number of benzene rings is 1. The molecule has 3 fully saturated rings. The fourth-order valence-electron chi connectivity index (χ4n) is 9.82. The lowest BCUT2D eigenvalue weighted by Crippen LogP contribution is -2.51. The first-order valence-electron chi connectivity index (χ1n) is 16.5. The summed E-state index contributed by atoms with van der Waals surface area (Å²) in [6.07, 6.45) is 24.1. The van der Waals surface area contributed by atoms with Crippen LogP contribution in [0.25, 0.3) is 6.08 Å². The molecule has 0 aliphatic heterocycles. The fraction of sp³-hybridized carbons (Fsp3) is 0.658. The van der Waals surface area contributed by atoms with Crippen LogP contribution in [0.5, 0.6) is 0 Å². The quantitative estimate of drug-likeness (QED) is 0.134. The normalized spacial score (nSPS) is 36.2. The maximum Gasteiger partial charge on any atom is 0.331 e. The molecule has 1 aromatic carbocycles. The maximum atomic E-state index is 12.6. The van der Waals surface area contributed by atoms with Crippen molar-refractivity contribution in [1.82, 2.24) is 0 Å². The molecule has 0 aromatic heterocycles. The number of hydrogen-bond donors (Lipinski definition) is 0. The smallest absolute Gasteiger partial charge is 0.331 e. The Labute approximate surface area is 244 Å². The van der Waals surface area contributed by atoms with Gasteiger partial charge in [0.15, 0.2) is 0 Å². The summed E-state index contributed by atoms with van der Waals surface area (Å²) in [5.41, 5.74) is 3.55. The third-order valence-electron chi connectivity index (χ3n) is 12.0. The first-order chi connectivity index (χ1) is 19.2. The number of rotatable bonds is 9. The number of carbonyl (C=O) groups is 1. The van der Waals surface area contributed by atoms with E-state index in [1.165, 1.54) is 51.4 Å². The first-order valence-corrected chi connectivity index (χ1v) is 16.5. The Morgan fingerprint density at radius 2 is 1.77 bits per heavy atom. The Hall–Kier alpha value is -2.09. The van der Waals surface area contributed by atoms with Gasteiger partial charge in [-0.1, -0.05) is 114 Å². The monoisotopic (exact) mass is 542 g/mol. The molecular formula is C38H54O2. The van der Waals surface area contributed by atoms with Crippen molar-refractivity contribution in [1.29, 1.82) is 0 Å². The van der Waals surface area contributed by atoms with E-state index < -0.39 is 0 Å². The molecule has 0 spiro atoms. The molecular weight excluding hydrogens is 488 g/mol. The van der Waals surface area contributed by atoms with Gasteiger partial charge in [0.25, 0.3) is 0 Å². The van der Waals surface area contributed by atoms with E-state index in [1.54, 1.807) is 17.7 Å². The summed E-state index contributed by atoms with van der Waals surface area (Å²) in [6.45, 7) is 12.5. The van der Waals surface area contributed by atoms with Gasteiger partial charge in [-0.15, -0.1) is 0 Å². The fourth-order valence-corrected chi connectivity index (χ4v) is 9.82. The molecule has 0 N–H and O–H groups in total. The lowest BCUT2D eigenvalue weighted by Gasteiger charge is -2.58. The highest BCUT2D eigenvalue weighted by Crippen LogP contribution is 2.67. The van der Waals surface area contributed by atoms with Crippen molar-refractivity contribution in [3.8, 4) is 0 Å². The molecule has 4 aliphatic rings. The summed E-state index contributed by atoms with van der Waals surface area (Å²) in [5, 5.41) is 0. The van der Waals surface area contributed by atoms with E-state index in [9.17, 15) is 4.79 Å². The van der Waals surface area contributed by atoms with E-state index in [2.05, 4.69) is 52.8 Å². The summed E-state index contributed by atoms with van der Waals surface area (Å²) < 4.78 is 5.95. The molecule has 5 rings (SSSR count). The van der Waals surface area contributed by atoms with Gasteiger partial charge in [0, 0.05) is 12.5 Å². The largest absolute Gasteiger partial charge is 0.459 e. The molecule has 0 amide bonds. The van der Waals surface area contributed by atoms with E-state index in [1.807, 2.05) is 30.4 Å². The third kappa shape index (κ3) is 6.07. The summed E-state index contributed by atoms with van der Waals surface area (Å²) in [6, 6.07) is 10.1. The predicted octanol–water partition coefficient (Wildman–Crippen LogP) is 10.2. The van der Waals surface area contributed by atoms with Crippen LogP contribution in [0, 0.1) is 46.3 Å². The van der Waals surface area contributed by atoms with Crippen molar-refractivity contribution in [3.63, 3.8) is 0 Å². The van der Waals surface area contributed by atoms with Gasteiger partial charge in [-0.2, -0.15) is 0 Å². The summed E-state index contributed by atoms with van der Waals surface area (Å²) >= 11 is 0. The minimum atomic E-state index is -0.214. The molecule has 218 valence electrons. The van der Waals surface area contributed by atoms with Crippen LogP contribution in [0.15, 0.2) is 60.2 Å². The van der Waals surface area contributed by atoms with Gasteiger partial charge < -0.3 is 4.74 Å². The number of fused-ring (bicyclic) bond motifs is 5. The second kappa shape index (κ2) is 12.4. The molecule has 40 heavy (non-hydrogen) atoms. The van der Waals surface area contributed by atoms with Gasteiger partial charge in [-0.05, 0) is 96.8 Å². The standard InChI is InChI=1S/C38H54O2/c1-27(2)12-11-13-28(3)33-20-21-34-32-19-18-30-26-31(22-24-37(30,4)35(32)23-25-38(33,34)5)40-36(39)17-10-9-16-29-14-7-6-8-15-29/h6-10,14-18,27-28,31-35H,11-13,19-26H2,1-5H3/b16-9+,17-10+. The summed E-state index contributed by atoms with van der Waals surface area (Å²) in [7, 11) is 0. The number of ether oxygens (including phenoxy) is 1. The van der Waals surface area contributed by atoms with Crippen molar-refractivity contribution in [2.75, 3.05) is 0 Å². The van der Waals surface area contributed by atoms with Gasteiger partial charge in [0.1, 0.15) is 6.10 Å². The molecule has 3 saturated carbocycles. The van der Waals surface area contributed by atoms with Crippen LogP contribution in [0.3, 0.4) is 0 Å².